The highest BCUT2D eigenvalue weighted by atomic mass is 79.9. The van der Waals surface area contributed by atoms with Crippen LogP contribution in [0.5, 0.6) is 11.5 Å². The van der Waals surface area contributed by atoms with E-state index in [1.165, 1.54) is 0 Å². The van der Waals surface area contributed by atoms with E-state index in [4.69, 9.17) is 9.47 Å². The molecule has 2 heterocycles. The number of rotatable bonds is 6. The van der Waals surface area contributed by atoms with Gasteiger partial charge in [0, 0.05) is 53.7 Å². The van der Waals surface area contributed by atoms with Crippen LogP contribution in [0.25, 0.3) is 0 Å². The number of hydrogen-bond donors (Lipinski definition) is 2. The summed E-state index contributed by atoms with van der Waals surface area (Å²) in [5.41, 5.74) is 1.42. The number of amides is 2. The molecule has 210 valence electrons. The van der Waals surface area contributed by atoms with Gasteiger partial charge in [-0.2, -0.15) is 0 Å². The monoisotopic (exact) mass is 670 g/mol. The van der Waals surface area contributed by atoms with Crippen molar-refractivity contribution in [2.24, 2.45) is 0 Å². The lowest BCUT2D eigenvalue weighted by Crippen LogP contribution is -2.62. The lowest BCUT2D eigenvalue weighted by Gasteiger charge is -2.40. The minimum atomic E-state index is -1.31. The summed E-state index contributed by atoms with van der Waals surface area (Å²) in [4.78, 5) is 30.2. The molecule has 3 aromatic rings. The van der Waals surface area contributed by atoms with Crippen molar-refractivity contribution in [2.45, 2.75) is 24.7 Å². The third-order valence-electron chi connectivity index (χ3n) is 7.68. The van der Waals surface area contributed by atoms with E-state index in [9.17, 15) is 9.59 Å². The number of nitrogens with zero attached hydrogens (tertiary/aromatic N) is 2. The highest BCUT2D eigenvalue weighted by Crippen LogP contribution is 2.45. The zero-order valence-electron chi connectivity index (χ0n) is 22.6. The van der Waals surface area contributed by atoms with Gasteiger partial charge in [0.2, 0.25) is 5.91 Å². The molecule has 2 unspecified atom stereocenters. The summed E-state index contributed by atoms with van der Waals surface area (Å²) < 4.78 is 13.2. The van der Waals surface area contributed by atoms with Gasteiger partial charge in [0.25, 0.3) is 5.91 Å². The maximum atomic E-state index is 14.7. The quantitative estimate of drug-likeness (QED) is 0.394. The second-order valence-electron chi connectivity index (χ2n) is 9.96. The molecule has 2 amide bonds. The third kappa shape index (κ3) is 5.50. The maximum absolute atomic E-state index is 14.7. The van der Waals surface area contributed by atoms with E-state index in [0.29, 0.717) is 43.2 Å². The molecule has 0 bridgehead atoms. The molecule has 40 heavy (non-hydrogen) atoms. The van der Waals surface area contributed by atoms with Gasteiger partial charge < -0.3 is 19.3 Å². The molecule has 0 radical (unpaired) electrons. The summed E-state index contributed by atoms with van der Waals surface area (Å²) >= 11 is 7.09. The number of piperazine rings is 1. The van der Waals surface area contributed by atoms with Gasteiger partial charge in [0.05, 0.1) is 26.3 Å². The largest absolute Gasteiger partial charge is 0.497 e. The molecule has 0 spiro atoms. The molecule has 10 heteroatoms. The molecule has 8 nitrogen and oxygen atoms in total. The lowest BCUT2D eigenvalue weighted by molar-refractivity contribution is -0.144. The van der Waals surface area contributed by atoms with Crippen LogP contribution in [0.4, 0.5) is 0 Å². The summed E-state index contributed by atoms with van der Waals surface area (Å²) in [7, 11) is 3.19. The molecule has 0 saturated carbocycles. The first-order valence-corrected chi connectivity index (χ1v) is 14.7. The molecule has 2 aliphatic heterocycles. The Kier molecular flexibility index (Phi) is 8.51. The number of ether oxygens (including phenoxy) is 2. The van der Waals surface area contributed by atoms with Crippen LogP contribution in [-0.2, 0) is 15.3 Å². The molecule has 2 aliphatic rings. The Balaban J connectivity index is 1.64. The van der Waals surface area contributed by atoms with E-state index in [2.05, 4.69) is 66.8 Å². The number of carbonyl (C=O) groups is 2. The molecule has 5 rings (SSSR count). The van der Waals surface area contributed by atoms with Crippen molar-refractivity contribution in [3.63, 3.8) is 0 Å². The van der Waals surface area contributed by atoms with Crippen LogP contribution in [0.3, 0.4) is 0 Å². The Labute approximate surface area is 251 Å². The number of hydrogen-bond acceptors (Lipinski definition) is 6. The number of nitrogens with one attached hydrogen (secondary N) is 2. The number of methoxy groups -OCH3 is 2. The molecule has 2 atom stereocenters. The lowest BCUT2D eigenvalue weighted by atomic mass is 9.95. The van der Waals surface area contributed by atoms with Crippen molar-refractivity contribution < 1.29 is 19.1 Å². The Morgan fingerprint density at radius 3 is 1.73 bits per heavy atom. The van der Waals surface area contributed by atoms with Crippen LogP contribution in [0.2, 0.25) is 0 Å². The van der Waals surface area contributed by atoms with E-state index in [1.807, 2.05) is 41.3 Å². The van der Waals surface area contributed by atoms with Crippen LogP contribution in [0.15, 0.2) is 75.7 Å². The number of benzene rings is 3. The van der Waals surface area contributed by atoms with Crippen LogP contribution in [-0.4, -0.2) is 62.0 Å². The molecule has 0 aliphatic carbocycles. The molecule has 2 N–H and O–H groups in total. The van der Waals surface area contributed by atoms with Gasteiger partial charge in [-0.25, -0.2) is 0 Å². The van der Waals surface area contributed by atoms with Crippen molar-refractivity contribution in [1.82, 2.24) is 20.4 Å². The van der Waals surface area contributed by atoms with Gasteiger partial charge >= 0.3 is 0 Å². The predicted molar refractivity (Wildman–Crippen MR) is 160 cm³/mol. The average molecular weight is 672 g/mol. The van der Waals surface area contributed by atoms with Crippen molar-refractivity contribution >= 4 is 43.7 Å². The second kappa shape index (κ2) is 11.9. The Morgan fingerprint density at radius 2 is 1.27 bits per heavy atom. The van der Waals surface area contributed by atoms with Crippen LogP contribution >= 0.6 is 31.9 Å². The zero-order valence-corrected chi connectivity index (χ0v) is 25.8. The van der Waals surface area contributed by atoms with E-state index >= 15 is 0 Å². The van der Waals surface area contributed by atoms with Crippen LogP contribution in [0.1, 0.15) is 35.7 Å². The summed E-state index contributed by atoms with van der Waals surface area (Å²) in [6.45, 7) is 3.42. The minimum Gasteiger partial charge on any atom is -0.497 e. The zero-order chi connectivity index (χ0) is 28.4. The van der Waals surface area contributed by atoms with Gasteiger partial charge in [-0.05, 0) is 47.5 Å². The fraction of sp³-hybridized carbons (Fsp3) is 0.333. The number of carbonyl (C=O) groups excluding carboxylic acids is 2. The smallest absolute Gasteiger partial charge is 0.262 e. The predicted octanol–water partition coefficient (Wildman–Crippen LogP) is 4.75. The van der Waals surface area contributed by atoms with E-state index in [0.717, 1.165) is 20.1 Å². The molecule has 2 saturated heterocycles. The van der Waals surface area contributed by atoms with E-state index < -0.39 is 5.66 Å². The van der Waals surface area contributed by atoms with Gasteiger partial charge in [-0.3, -0.25) is 20.2 Å². The first-order chi connectivity index (χ1) is 19.3. The summed E-state index contributed by atoms with van der Waals surface area (Å²) in [6.07, 6.45) is 0. The molecule has 0 aromatic heterocycles. The van der Waals surface area contributed by atoms with Crippen molar-refractivity contribution in [3.8, 4) is 11.5 Å². The average Bonchev–Trinajstić information content (AvgIpc) is 3.39. The normalized spacial score (nSPS) is 22.7. The Morgan fingerprint density at radius 1 is 0.775 bits per heavy atom. The first kappa shape index (κ1) is 28.6. The van der Waals surface area contributed by atoms with Gasteiger partial charge in [0.15, 0.2) is 5.66 Å². The fourth-order valence-corrected chi connectivity index (χ4v) is 6.06. The Hall–Kier alpha value is -2.92. The topological polar surface area (TPSA) is 83.1 Å². The van der Waals surface area contributed by atoms with Crippen molar-refractivity contribution in [1.29, 1.82) is 0 Å². The van der Waals surface area contributed by atoms with Gasteiger partial charge in [0.1, 0.15) is 11.5 Å². The van der Waals surface area contributed by atoms with Crippen molar-refractivity contribution in [2.75, 3.05) is 40.4 Å². The van der Waals surface area contributed by atoms with E-state index in [-0.39, 0.29) is 23.9 Å². The highest BCUT2D eigenvalue weighted by molar-refractivity contribution is 9.10. The summed E-state index contributed by atoms with van der Waals surface area (Å²) in [6, 6.07) is 21.3. The van der Waals surface area contributed by atoms with Gasteiger partial charge in [-0.15, -0.1) is 0 Å². The summed E-state index contributed by atoms with van der Waals surface area (Å²) in [5, 5.41) is 7.46. The fourth-order valence-electron chi connectivity index (χ4n) is 5.53. The second-order valence-corrected chi connectivity index (χ2v) is 11.8. The van der Waals surface area contributed by atoms with Crippen LogP contribution < -0.4 is 20.1 Å². The van der Waals surface area contributed by atoms with Gasteiger partial charge in [-0.1, -0.05) is 56.1 Å². The third-order valence-corrected chi connectivity index (χ3v) is 8.74. The summed E-state index contributed by atoms with van der Waals surface area (Å²) in [5.74, 6) is 1.05. The molecule has 3 aromatic carbocycles. The first-order valence-electron chi connectivity index (χ1n) is 13.1. The minimum absolute atomic E-state index is 0.0151. The molecular weight excluding hydrogens is 640 g/mol. The molecule has 2 fully saturated rings. The standard InChI is InChI=1S/C30H32Br2N4O4/c1-19(37)35-14-16-36(17-15-35)29(38)30(25-13-12-24(39-2)18-26(25)40-3)33-27(20-4-8-22(31)9-5-20)28(34-30)21-6-10-23(32)11-7-21/h4-13,18,27-28,33-34H,14-17H2,1-3H3. The molecular formula is C30H32Br2N4O4. The van der Waals surface area contributed by atoms with E-state index in [1.54, 1.807) is 32.1 Å². The Bertz CT molecular complexity index is 1320. The highest BCUT2D eigenvalue weighted by Gasteiger charge is 2.54. The maximum Gasteiger partial charge on any atom is 0.262 e. The van der Waals surface area contributed by atoms with Crippen LogP contribution in [0, 0.1) is 0 Å². The van der Waals surface area contributed by atoms with Crippen molar-refractivity contribution in [3.05, 3.63) is 92.4 Å². The number of halogens is 2. The SMILES string of the molecule is COc1ccc(C2(C(=O)N3CCN(C(C)=O)CC3)NC(c3ccc(Br)cc3)C(c3ccc(Br)cc3)N2)c(OC)c1.